The summed E-state index contributed by atoms with van der Waals surface area (Å²) < 4.78 is 23.9. The summed E-state index contributed by atoms with van der Waals surface area (Å²) in [6.45, 7) is 10.2. The van der Waals surface area contributed by atoms with Crippen LogP contribution in [-0.4, -0.2) is 39.0 Å². The minimum Gasteiger partial charge on any atom is -0.496 e. The number of ketones is 2. The fourth-order valence-corrected chi connectivity index (χ4v) is 9.27. The lowest BCUT2D eigenvalue weighted by Crippen LogP contribution is -2.11. The number of carbonyl (C=O) groups is 2. The average molecular weight is 843 g/mol. The first-order valence-electron chi connectivity index (χ1n) is 21.4. The first kappa shape index (κ1) is 44.4. The third-order valence-electron chi connectivity index (χ3n) is 11.2. The van der Waals surface area contributed by atoms with E-state index in [9.17, 15) is 9.59 Å². The van der Waals surface area contributed by atoms with Crippen LogP contribution in [0.4, 0.5) is 0 Å². The molecule has 0 aliphatic rings. The molecule has 4 aromatic carbocycles. The minimum atomic E-state index is -0.0187. The van der Waals surface area contributed by atoms with Crippen LogP contribution in [-0.2, 0) is 0 Å². The zero-order valence-electron chi connectivity index (χ0n) is 35.9. The molecule has 0 saturated carbocycles. The lowest BCUT2D eigenvalue weighted by atomic mass is 10.00. The van der Waals surface area contributed by atoms with E-state index in [1.165, 1.54) is 61.2 Å². The van der Waals surface area contributed by atoms with Gasteiger partial charge in [-0.2, -0.15) is 0 Å². The van der Waals surface area contributed by atoms with Gasteiger partial charge in [0.1, 0.15) is 23.0 Å². The van der Waals surface area contributed by atoms with E-state index in [-0.39, 0.29) is 11.6 Å². The topological polar surface area (TPSA) is 71.1 Å². The van der Waals surface area contributed by atoms with Crippen LogP contribution in [0, 0.1) is 11.8 Å². The lowest BCUT2D eigenvalue weighted by molar-refractivity contribution is 0.103. The molecule has 8 heteroatoms. The molecule has 6 nitrogen and oxygen atoms in total. The van der Waals surface area contributed by atoms with Gasteiger partial charge in [-0.3, -0.25) is 9.59 Å². The van der Waals surface area contributed by atoms with E-state index in [0.29, 0.717) is 57.4 Å². The zero-order chi connectivity index (χ0) is 42.4. The Balaban J connectivity index is 1.11. The summed E-state index contributed by atoms with van der Waals surface area (Å²) in [5, 5.41) is 0. The highest BCUT2D eigenvalue weighted by Crippen LogP contribution is 2.42. The van der Waals surface area contributed by atoms with Gasteiger partial charge in [-0.25, -0.2) is 0 Å². The van der Waals surface area contributed by atoms with Gasteiger partial charge in [0, 0.05) is 32.0 Å². The van der Waals surface area contributed by atoms with Gasteiger partial charge in [-0.15, -0.1) is 22.7 Å². The quantitative estimate of drug-likeness (QED) is 0.0598. The standard InChI is InChI=1S/C52H58O6S2/c1-7-11-13-35(9-3)33-57-41-21-15-37(16-22-41)51(53)49-29-27-47(59-49)43-25-19-39(31-45(43)55-5)40-20-26-44(46(32-40)56-6)48-28-30-50(60-48)52(54)38-17-23-42(24-18-38)58-34-36(10-4)14-12-8-2/h15-32,35-36H,7-14,33-34H2,1-6H3. The molecule has 0 amide bonds. The first-order chi connectivity index (χ1) is 29.3. The minimum absolute atomic E-state index is 0.0187. The molecule has 6 aromatic rings. The predicted molar refractivity (Wildman–Crippen MR) is 249 cm³/mol. The average Bonchev–Trinajstić information content (AvgIpc) is 4.00. The summed E-state index contributed by atoms with van der Waals surface area (Å²) in [6.07, 6.45) is 9.36. The van der Waals surface area contributed by atoms with Crippen molar-refractivity contribution in [3.05, 3.63) is 130 Å². The number of hydrogen-bond donors (Lipinski definition) is 0. The monoisotopic (exact) mass is 842 g/mol. The maximum atomic E-state index is 13.5. The number of carbonyl (C=O) groups excluding carboxylic acids is 2. The van der Waals surface area contributed by atoms with Crippen molar-refractivity contribution in [3.63, 3.8) is 0 Å². The third-order valence-corrected chi connectivity index (χ3v) is 13.5. The van der Waals surface area contributed by atoms with Gasteiger partial charge < -0.3 is 18.9 Å². The van der Waals surface area contributed by atoms with Crippen LogP contribution in [0.25, 0.3) is 32.0 Å². The molecule has 0 aliphatic heterocycles. The molecule has 0 spiro atoms. The van der Waals surface area contributed by atoms with Crippen LogP contribution >= 0.6 is 22.7 Å². The Bertz CT molecular complexity index is 2140. The van der Waals surface area contributed by atoms with E-state index < -0.39 is 0 Å². The highest BCUT2D eigenvalue weighted by atomic mass is 32.1. The number of thiophene rings is 2. The number of unbranched alkanes of at least 4 members (excludes halogenated alkanes) is 2. The van der Waals surface area contributed by atoms with Crippen LogP contribution in [0.2, 0.25) is 0 Å². The fraction of sp³-hybridized carbons (Fsp3) is 0.346. The smallest absolute Gasteiger partial charge is 0.202 e. The number of benzene rings is 4. The molecule has 2 heterocycles. The van der Waals surface area contributed by atoms with Crippen molar-refractivity contribution in [2.45, 2.75) is 79.1 Å². The summed E-state index contributed by atoms with van der Waals surface area (Å²) in [5.74, 6) is 4.06. The fourth-order valence-electron chi connectivity index (χ4n) is 7.27. The number of hydrogen-bond acceptors (Lipinski definition) is 8. The van der Waals surface area contributed by atoms with Gasteiger partial charge in [-0.05, 0) is 133 Å². The zero-order valence-corrected chi connectivity index (χ0v) is 37.5. The molecule has 0 aliphatic carbocycles. The molecular formula is C52H58O6S2. The Kier molecular flexibility index (Phi) is 16.2. The normalized spacial score (nSPS) is 12.2. The van der Waals surface area contributed by atoms with Crippen LogP contribution in [0.5, 0.6) is 23.0 Å². The van der Waals surface area contributed by atoms with Crippen molar-refractivity contribution in [3.8, 4) is 55.0 Å². The van der Waals surface area contributed by atoms with E-state index in [1.54, 1.807) is 14.2 Å². The molecule has 2 unspecified atom stereocenters. The maximum Gasteiger partial charge on any atom is 0.202 e. The molecule has 6 rings (SSSR count). The highest BCUT2D eigenvalue weighted by Gasteiger charge is 2.19. The Morgan fingerprint density at radius 1 is 0.517 bits per heavy atom. The molecule has 314 valence electrons. The largest absolute Gasteiger partial charge is 0.496 e. The second-order valence-electron chi connectivity index (χ2n) is 15.3. The lowest BCUT2D eigenvalue weighted by Gasteiger charge is -2.15. The van der Waals surface area contributed by atoms with Gasteiger partial charge >= 0.3 is 0 Å². The van der Waals surface area contributed by atoms with Crippen LogP contribution in [0.15, 0.2) is 109 Å². The van der Waals surface area contributed by atoms with Gasteiger partial charge in [0.25, 0.3) is 0 Å². The van der Waals surface area contributed by atoms with Crippen molar-refractivity contribution in [1.82, 2.24) is 0 Å². The Hall–Kier alpha value is -5.18. The van der Waals surface area contributed by atoms with E-state index in [1.807, 2.05) is 97.1 Å². The summed E-state index contributed by atoms with van der Waals surface area (Å²) >= 11 is 2.91. The van der Waals surface area contributed by atoms with Gasteiger partial charge in [-0.1, -0.05) is 78.4 Å². The Morgan fingerprint density at radius 3 is 1.27 bits per heavy atom. The molecule has 0 radical (unpaired) electrons. The van der Waals surface area contributed by atoms with Crippen molar-refractivity contribution in [2.24, 2.45) is 11.8 Å². The maximum absolute atomic E-state index is 13.5. The third kappa shape index (κ3) is 11.1. The first-order valence-corrected chi connectivity index (χ1v) is 23.0. The molecule has 0 bridgehead atoms. The molecular weight excluding hydrogens is 785 g/mol. The van der Waals surface area contributed by atoms with Crippen molar-refractivity contribution >= 4 is 34.2 Å². The van der Waals surface area contributed by atoms with Crippen molar-refractivity contribution in [1.29, 1.82) is 0 Å². The van der Waals surface area contributed by atoms with Gasteiger partial charge in [0.15, 0.2) is 0 Å². The second-order valence-corrected chi connectivity index (χ2v) is 17.5. The second kappa shape index (κ2) is 21.9. The van der Waals surface area contributed by atoms with Crippen LogP contribution in [0.1, 0.15) is 110 Å². The van der Waals surface area contributed by atoms with Gasteiger partial charge in [0.05, 0.1) is 37.2 Å². The van der Waals surface area contributed by atoms with E-state index in [0.717, 1.165) is 56.3 Å². The predicted octanol–water partition coefficient (Wildman–Crippen LogP) is 14.5. The summed E-state index contributed by atoms with van der Waals surface area (Å²) in [7, 11) is 3.33. The van der Waals surface area contributed by atoms with Crippen molar-refractivity contribution in [2.75, 3.05) is 27.4 Å². The molecule has 0 fully saturated rings. The molecule has 2 atom stereocenters. The van der Waals surface area contributed by atoms with E-state index >= 15 is 0 Å². The van der Waals surface area contributed by atoms with E-state index in [2.05, 4.69) is 39.8 Å². The van der Waals surface area contributed by atoms with Crippen LogP contribution < -0.4 is 18.9 Å². The van der Waals surface area contributed by atoms with Gasteiger partial charge in [0.2, 0.25) is 11.6 Å². The molecule has 2 aromatic heterocycles. The number of methoxy groups -OCH3 is 2. The summed E-state index contributed by atoms with van der Waals surface area (Å²) in [5.41, 5.74) is 5.02. The SMILES string of the molecule is CCCCC(CC)COc1ccc(C(=O)c2ccc(-c3ccc(-c4ccc(-c5ccc(C(=O)c6ccc(OCC(CC)CCCC)cc6)s5)c(OC)c4)cc3OC)s2)cc1. The number of ether oxygens (including phenoxy) is 4. The van der Waals surface area contributed by atoms with E-state index in [4.69, 9.17) is 18.9 Å². The summed E-state index contributed by atoms with van der Waals surface area (Å²) in [6, 6.07) is 34.9. The highest BCUT2D eigenvalue weighted by molar-refractivity contribution is 7.18. The van der Waals surface area contributed by atoms with Crippen molar-refractivity contribution < 1.29 is 28.5 Å². The summed E-state index contributed by atoms with van der Waals surface area (Å²) in [4.78, 5) is 30.2. The number of rotatable bonds is 23. The molecule has 0 saturated heterocycles. The Morgan fingerprint density at radius 2 is 0.917 bits per heavy atom. The molecule has 60 heavy (non-hydrogen) atoms. The van der Waals surface area contributed by atoms with Crippen LogP contribution in [0.3, 0.4) is 0 Å². The molecule has 0 N–H and O–H groups in total. The Labute approximate surface area is 364 Å².